The highest BCUT2D eigenvalue weighted by atomic mass is 16.5. The van der Waals surface area contributed by atoms with Gasteiger partial charge < -0.3 is 10.1 Å². The normalized spacial score (nSPS) is 14.9. The van der Waals surface area contributed by atoms with E-state index in [1.54, 1.807) is 7.11 Å². The lowest BCUT2D eigenvalue weighted by Gasteiger charge is -2.19. The van der Waals surface area contributed by atoms with Crippen molar-refractivity contribution < 1.29 is 4.74 Å². The fourth-order valence-corrected chi connectivity index (χ4v) is 1.23. The second kappa shape index (κ2) is 8.10. The van der Waals surface area contributed by atoms with E-state index in [1.165, 1.54) is 0 Å². The molecular weight excluding hydrogens is 162 g/mol. The molecule has 2 heteroatoms. The summed E-state index contributed by atoms with van der Waals surface area (Å²) in [6.07, 6.45) is 8.48. The number of methoxy groups -OCH3 is 1. The first kappa shape index (κ1) is 12.5. The van der Waals surface area contributed by atoms with Gasteiger partial charge in [0, 0.05) is 19.6 Å². The SMILES string of the molecule is C#CCC(CC(C)OC)NCCC. The Balaban J connectivity index is 3.73. The summed E-state index contributed by atoms with van der Waals surface area (Å²) in [5.41, 5.74) is 0. The standard InChI is InChI=1S/C11H21NO/c1-5-7-11(12-8-6-2)9-10(3)13-4/h1,10-12H,6-9H2,2-4H3. The summed E-state index contributed by atoms with van der Waals surface area (Å²) in [7, 11) is 1.73. The van der Waals surface area contributed by atoms with Gasteiger partial charge in [0.1, 0.15) is 0 Å². The summed E-state index contributed by atoms with van der Waals surface area (Å²) in [5.74, 6) is 2.69. The number of hydrogen-bond acceptors (Lipinski definition) is 2. The number of nitrogens with one attached hydrogen (secondary N) is 1. The predicted molar refractivity (Wildman–Crippen MR) is 56.6 cm³/mol. The zero-order chi connectivity index (χ0) is 10.1. The topological polar surface area (TPSA) is 21.3 Å². The Bertz CT molecular complexity index is 151. The van der Waals surface area contributed by atoms with E-state index in [9.17, 15) is 0 Å². The Morgan fingerprint density at radius 1 is 1.54 bits per heavy atom. The Hall–Kier alpha value is -0.520. The lowest BCUT2D eigenvalue weighted by atomic mass is 10.1. The lowest BCUT2D eigenvalue weighted by Crippen LogP contribution is -2.32. The minimum atomic E-state index is 0.280. The average molecular weight is 183 g/mol. The average Bonchev–Trinajstić information content (AvgIpc) is 2.14. The molecule has 76 valence electrons. The van der Waals surface area contributed by atoms with Gasteiger partial charge in [-0.1, -0.05) is 6.92 Å². The molecule has 2 nitrogen and oxygen atoms in total. The summed E-state index contributed by atoms with van der Waals surface area (Å²) in [6.45, 7) is 5.25. The van der Waals surface area contributed by atoms with Crippen LogP contribution in [0.3, 0.4) is 0 Å². The molecule has 0 radical (unpaired) electrons. The third kappa shape index (κ3) is 6.62. The molecule has 0 aliphatic heterocycles. The number of terminal acetylenes is 1. The highest BCUT2D eigenvalue weighted by Gasteiger charge is 2.10. The van der Waals surface area contributed by atoms with Gasteiger partial charge in [0.2, 0.25) is 0 Å². The van der Waals surface area contributed by atoms with Crippen LogP contribution in [0.2, 0.25) is 0 Å². The molecular formula is C11H21NO. The monoisotopic (exact) mass is 183 g/mol. The van der Waals surface area contributed by atoms with Crippen molar-refractivity contribution >= 4 is 0 Å². The van der Waals surface area contributed by atoms with Crippen LogP contribution in [0.25, 0.3) is 0 Å². The highest BCUT2D eigenvalue weighted by Crippen LogP contribution is 2.04. The third-order valence-electron chi connectivity index (χ3n) is 2.07. The molecule has 2 atom stereocenters. The molecule has 1 N–H and O–H groups in total. The Kier molecular flexibility index (Phi) is 7.77. The van der Waals surface area contributed by atoms with E-state index in [-0.39, 0.29) is 6.10 Å². The van der Waals surface area contributed by atoms with E-state index in [2.05, 4.69) is 25.1 Å². The summed E-state index contributed by atoms with van der Waals surface area (Å²) in [6, 6.07) is 0.403. The van der Waals surface area contributed by atoms with Gasteiger partial charge >= 0.3 is 0 Å². The van der Waals surface area contributed by atoms with E-state index in [4.69, 9.17) is 11.2 Å². The Morgan fingerprint density at radius 3 is 2.69 bits per heavy atom. The van der Waals surface area contributed by atoms with Crippen molar-refractivity contribution in [2.75, 3.05) is 13.7 Å². The van der Waals surface area contributed by atoms with Crippen LogP contribution in [0.15, 0.2) is 0 Å². The van der Waals surface area contributed by atoms with Gasteiger partial charge in [-0.15, -0.1) is 12.3 Å². The van der Waals surface area contributed by atoms with Crippen LogP contribution < -0.4 is 5.32 Å². The van der Waals surface area contributed by atoms with Crippen LogP contribution in [0.4, 0.5) is 0 Å². The van der Waals surface area contributed by atoms with Crippen molar-refractivity contribution in [2.24, 2.45) is 0 Å². The fourth-order valence-electron chi connectivity index (χ4n) is 1.23. The zero-order valence-electron chi connectivity index (χ0n) is 8.97. The van der Waals surface area contributed by atoms with Gasteiger partial charge in [-0.05, 0) is 26.3 Å². The molecule has 0 aliphatic rings. The second-order valence-electron chi connectivity index (χ2n) is 3.34. The first-order valence-electron chi connectivity index (χ1n) is 4.94. The van der Waals surface area contributed by atoms with Crippen LogP contribution in [0.5, 0.6) is 0 Å². The molecule has 0 heterocycles. The van der Waals surface area contributed by atoms with E-state index >= 15 is 0 Å². The van der Waals surface area contributed by atoms with Crippen LogP contribution in [0, 0.1) is 12.3 Å². The van der Waals surface area contributed by atoms with Gasteiger partial charge in [-0.2, -0.15) is 0 Å². The largest absolute Gasteiger partial charge is 0.382 e. The van der Waals surface area contributed by atoms with E-state index in [0.717, 1.165) is 25.8 Å². The first-order valence-corrected chi connectivity index (χ1v) is 4.94. The summed E-state index contributed by atoms with van der Waals surface area (Å²) >= 11 is 0. The van der Waals surface area contributed by atoms with Crippen LogP contribution in [-0.2, 0) is 4.74 Å². The molecule has 0 aliphatic carbocycles. The molecule has 0 aromatic carbocycles. The molecule has 0 saturated heterocycles. The van der Waals surface area contributed by atoms with Crippen LogP contribution >= 0.6 is 0 Å². The predicted octanol–water partition coefficient (Wildman–Crippen LogP) is 1.80. The second-order valence-corrected chi connectivity index (χ2v) is 3.34. The number of ether oxygens (including phenoxy) is 1. The van der Waals surface area contributed by atoms with Gasteiger partial charge in [0.15, 0.2) is 0 Å². The number of rotatable bonds is 7. The molecule has 13 heavy (non-hydrogen) atoms. The minimum absolute atomic E-state index is 0.280. The van der Waals surface area contributed by atoms with Crippen molar-refractivity contribution in [1.82, 2.24) is 5.32 Å². The molecule has 0 bridgehead atoms. The molecule has 2 unspecified atom stereocenters. The summed E-state index contributed by atoms with van der Waals surface area (Å²) in [5, 5.41) is 3.41. The van der Waals surface area contributed by atoms with E-state index in [0.29, 0.717) is 6.04 Å². The van der Waals surface area contributed by atoms with Crippen molar-refractivity contribution in [2.45, 2.75) is 45.3 Å². The van der Waals surface area contributed by atoms with Gasteiger partial charge in [-0.25, -0.2) is 0 Å². The molecule has 0 fully saturated rings. The van der Waals surface area contributed by atoms with Gasteiger partial charge in [0.25, 0.3) is 0 Å². The maximum atomic E-state index is 5.29. The molecule has 0 saturated carbocycles. The van der Waals surface area contributed by atoms with E-state index in [1.807, 2.05) is 0 Å². The van der Waals surface area contributed by atoms with Crippen molar-refractivity contribution in [3.05, 3.63) is 0 Å². The lowest BCUT2D eigenvalue weighted by molar-refractivity contribution is 0.101. The first-order chi connectivity index (χ1) is 6.24. The number of hydrogen-bond donors (Lipinski definition) is 1. The highest BCUT2D eigenvalue weighted by molar-refractivity contribution is 4.90. The minimum Gasteiger partial charge on any atom is -0.382 e. The molecule has 0 spiro atoms. The molecule has 0 aromatic heterocycles. The quantitative estimate of drug-likeness (QED) is 0.608. The summed E-state index contributed by atoms with van der Waals surface area (Å²) in [4.78, 5) is 0. The Morgan fingerprint density at radius 2 is 2.23 bits per heavy atom. The maximum Gasteiger partial charge on any atom is 0.0558 e. The fraction of sp³-hybridized carbons (Fsp3) is 0.818. The van der Waals surface area contributed by atoms with Gasteiger partial charge in [0.05, 0.1) is 6.10 Å². The third-order valence-corrected chi connectivity index (χ3v) is 2.07. The van der Waals surface area contributed by atoms with Crippen molar-refractivity contribution in [3.8, 4) is 12.3 Å². The van der Waals surface area contributed by atoms with Crippen LogP contribution in [-0.4, -0.2) is 25.8 Å². The molecule has 0 aromatic rings. The van der Waals surface area contributed by atoms with Crippen molar-refractivity contribution in [1.29, 1.82) is 0 Å². The van der Waals surface area contributed by atoms with Crippen LogP contribution in [0.1, 0.15) is 33.1 Å². The van der Waals surface area contributed by atoms with E-state index < -0.39 is 0 Å². The molecule has 0 amide bonds. The Labute approximate surface area is 82.1 Å². The van der Waals surface area contributed by atoms with Crippen molar-refractivity contribution in [3.63, 3.8) is 0 Å². The molecule has 0 rings (SSSR count). The zero-order valence-corrected chi connectivity index (χ0v) is 8.97. The maximum absolute atomic E-state index is 5.29. The van der Waals surface area contributed by atoms with Gasteiger partial charge in [-0.3, -0.25) is 0 Å². The smallest absolute Gasteiger partial charge is 0.0558 e. The summed E-state index contributed by atoms with van der Waals surface area (Å²) < 4.78 is 5.20.